The second-order valence-electron chi connectivity index (χ2n) is 7.78. The fraction of sp³-hybridized carbons (Fsp3) is 0.400. The fourth-order valence-electron chi connectivity index (χ4n) is 3.13. The maximum Gasteiger partial charge on any atom is 0.264 e. The van der Waals surface area contributed by atoms with E-state index in [1.165, 1.54) is 17.1 Å². The summed E-state index contributed by atoms with van der Waals surface area (Å²) in [5.74, 6) is -0.100. The summed E-state index contributed by atoms with van der Waals surface area (Å²) in [7, 11) is 1.74. The molecule has 0 aliphatic rings. The quantitative estimate of drug-likeness (QED) is 0.751. The first-order chi connectivity index (χ1) is 12.8. The molecule has 1 aromatic carbocycles. The Morgan fingerprint density at radius 2 is 1.93 bits per heavy atom. The largest absolute Gasteiger partial charge is 0.349 e. The highest BCUT2D eigenvalue weighted by Crippen LogP contribution is 2.32. The van der Waals surface area contributed by atoms with Crippen LogP contribution in [0.5, 0.6) is 0 Å². The predicted molar refractivity (Wildman–Crippen MR) is 104 cm³/mol. The number of aryl methyl sites for hydroxylation is 2. The Balaban J connectivity index is 1.72. The third-order valence-electron chi connectivity index (χ3n) is 4.60. The molecule has 3 aromatic rings. The minimum atomic E-state index is -0.184. The molecule has 1 amide bonds. The van der Waals surface area contributed by atoms with E-state index in [0.29, 0.717) is 11.0 Å². The number of fused-ring (bicyclic) bond motifs is 1. The van der Waals surface area contributed by atoms with Gasteiger partial charge in [-0.2, -0.15) is 5.10 Å². The minimum Gasteiger partial charge on any atom is -0.349 e. The maximum atomic E-state index is 12.6. The van der Waals surface area contributed by atoms with Crippen molar-refractivity contribution in [1.29, 1.82) is 0 Å². The highest BCUT2D eigenvalue weighted by atomic mass is 16.2. The van der Waals surface area contributed by atoms with Gasteiger partial charge in [-0.25, -0.2) is 4.98 Å². The van der Waals surface area contributed by atoms with Crippen LogP contribution in [0.4, 0.5) is 0 Å². The molecule has 3 rings (SSSR count). The molecular formula is C20H25N5O2. The fourth-order valence-corrected chi connectivity index (χ4v) is 3.13. The Morgan fingerprint density at radius 3 is 2.59 bits per heavy atom. The first-order valence-electron chi connectivity index (χ1n) is 8.99. The summed E-state index contributed by atoms with van der Waals surface area (Å²) in [4.78, 5) is 29.3. The highest BCUT2D eigenvalue weighted by molar-refractivity contribution is 5.76. The second kappa shape index (κ2) is 7.34. The van der Waals surface area contributed by atoms with Crippen LogP contribution in [0.15, 0.2) is 47.7 Å². The molecule has 2 aromatic heterocycles. The third kappa shape index (κ3) is 4.07. The van der Waals surface area contributed by atoms with Crippen molar-refractivity contribution in [3.63, 3.8) is 0 Å². The summed E-state index contributed by atoms with van der Waals surface area (Å²) in [5, 5.41) is 7.62. The molecule has 0 fully saturated rings. The Morgan fingerprint density at radius 1 is 1.22 bits per heavy atom. The molecule has 0 unspecified atom stereocenters. The molecule has 2 heterocycles. The Bertz CT molecular complexity index is 999. The van der Waals surface area contributed by atoms with Gasteiger partial charge in [-0.05, 0) is 11.0 Å². The third-order valence-corrected chi connectivity index (χ3v) is 4.60. The number of hydrogen-bond acceptors (Lipinski definition) is 4. The minimum absolute atomic E-state index is 0.100. The van der Waals surface area contributed by atoms with Crippen LogP contribution in [0.2, 0.25) is 0 Å². The van der Waals surface area contributed by atoms with E-state index in [-0.39, 0.29) is 35.9 Å². The van der Waals surface area contributed by atoms with E-state index in [4.69, 9.17) is 0 Å². The number of rotatable bonds is 5. The zero-order chi connectivity index (χ0) is 19.6. The van der Waals surface area contributed by atoms with Crippen LogP contribution in [0.1, 0.15) is 38.8 Å². The molecule has 0 aliphatic carbocycles. The van der Waals surface area contributed by atoms with E-state index < -0.39 is 0 Å². The topological polar surface area (TPSA) is 81.8 Å². The lowest BCUT2D eigenvalue weighted by molar-refractivity contribution is -0.122. The summed E-state index contributed by atoms with van der Waals surface area (Å²) in [6.07, 6.45) is 3.18. The van der Waals surface area contributed by atoms with Gasteiger partial charge in [0.1, 0.15) is 5.39 Å². The van der Waals surface area contributed by atoms with Crippen LogP contribution in [0, 0.1) is 5.41 Å². The number of nitrogens with zero attached hydrogens (tertiary/aromatic N) is 4. The highest BCUT2D eigenvalue weighted by Gasteiger charge is 2.27. The predicted octanol–water partition coefficient (Wildman–Crippen LogP) is 2.42. The molecular weight excluding hydrogens is 342 g/mol. The van der Waals surface area contributed by atoms with Crippen molar-refractivity contribution in [2.75, 3.05) is 0 Å². The van der Waals surface area contributed by atoms with E-state index in [2.05, 4.69) is 36.2 Å². The van der Waals surface area contributed by atoms with Crippen LogP contribution in [-0.2, 0) is 18.4 Å². The maximum absolute atomic E-state index is 12.6. The van der Waals surface area contributed by atoms with Crippen molar-refractivity contribution in [2.24, 2.45) is 12.5 Å². The van der Waals surface area contributed by atoms with E-state index in [0.717, 1.165) is 5.56 Å². The monoisotopic (exact) mass is 367 g/mol. The average molecular weight is 367 g/mol. The Hall–Kier alpha value is -2.96. The van der Waals surface area contributed by atoms with Crippen molar-refractivity contribution in [3.05, 3.63) is 58.8 Å². The van der Waals surface area contributed by atoms with Gasteiger partial charge in [0.25, 0.3) is 5.56 Å². The number of benzene rings is 1. The summed E-state index contributed by atoms with van der Waals surface area (Å²) in [6.45, 7) is 6.55. The van der Waals surface area contributed by atoms with Crippen molar-refractivity contribution in [2.45, 2.75) is 39.8 Å². The molecule has 0 aliphatic heterocycles. The van der Waals surface area contributed by atoms with E-state index in [1.54, 1.807) is 11.7 Å². The number of carbonyl (C=O) groups is 1. The van der Waals surface area contributed by atoms with Crippen LogP contribution in [-0.4, -0.2) is 25.2 Å². The van der Waals surface area contributed by atoms with Gasteiger partial charge >= 0.3 is 0 Å². The molecule has 1 N–H and O–H groups in total. The number of nitrogens with one attached hydrogen (secondary N) is 1. The van der Waals surface area contributed by atoms with Gasteiger partial charge in [0.2, 0.25) is 5.91 Å². The average Bonchev–Trinajstić information content (AvgIpc) is 3.01. The van der Waals surface area contributed by atoms with Crippen molar-refractivity contribution in [3.8, 4) is 0 Å². The standard InChI is InChI=1S/C20H25N5O2/c1-20(2,3)17(14-8-6-5-7-9-14)23-16(26)10-11-25-13-21-18-15(19(25)27)12-22-24(18)4/h5-9,12-13,17H,10-11H2,1-4H3,(H,23,26)/t17-/m0/s1. The van der Waals surface area contributed by atoms with Crippen LogP contribution >= 0.6 is 0 Å². The Kier molecular flexibility index (Phi) is 5.12. The number of carbonyl (C=O) groups excluding carboxylic acids is 1. The molecule has 0 radical (unpaired) electrons. The molecule has 142 valence electrons. The SMILES string of the molecule is Cn1ncc2c(=O)n(CCC(=O)N[C@@H](c3ccccc3)C(C)(C)C)cnc21. The second-order valence-corrected chi connectivity index (χ2v) is 7.78. The summed E-state index contributed by atoms with van der Waals surface area (Å²) < 4.78 is 3.01. The van der Waals surface area contributed by atoms with Crippen LogP contribution < -0.4 is 10.9 Å². The normalized spacial score (nSPS) is 12.9. The number of aromatic nitrogens is 4. The molecule has 0 saturated heterocycles. The zero-order valence-electron chi connectivity index (χ0n) is 16.1. The van der Waals surface area contributed by atoms with Crippen molar-refractivity contribution < 1.29 is 4.79 Å². The van der Waals surface area contributed by atoms with Crippen LogP contribution in [0.25, 0.3) is 11.0 Å². The molecule has 7 heteroatoms. The van der Waals surface area contributed by atoms with Gasteiger partial charge in [0, 0.05) is 20.0 Å². The van der Waals surface area contributed by atoms with E-state index in [1.807, 2.05) is 30.3 Å². The van der Waals surface area contributed by atoms with Crippen LogP contribution in [0.3, 0.4) is 0 Å². The molecule has 0 spiro atoms. The van der Waals surface area contributed by atoms with E-state index in [9.17, 15) is 9.59 Å². The summed E-state index contributed by atoms with van der Waals surface area (Å²) in [6, 6.07) is 9.81. The van der Waals surface area contributed by atoms with Gasteiger partial charge in [0.05, 0.1) is 18.6 Å². The zero-order valence-corrected chi connectivity index (χ0v) is 16.1. The lowest BCUT2D eigenvalue weighted by Crippen LogP contribution is -2.37. The smallest absolute Gasteiger partial charge is 0.264 e. The lowest BCUT2D eigenvalue weighted by Gasteiger charge is -2.32. The van der Waals surface area contributed by atoms with Crippen molar-refractivity contribution >= 4 is 16.9 Å². The molecule has 0 saturated carbocycles. The Labute approximate surface area is 158 Å². The molecule has 1 atom stereocenters. The first kappa shape index (κ1) is 18.8. The number of amides is 1. The summed E-state index contributed by atoms with van der Waals surface area (Å²) in [5.41, 5.74) is 1.28. The molecule has 0 bridgehead atoms. The van der Waals surface area contributed by atoms with Gasteiger partial charge in [-0.15, -0.1) is 0 Å². The van der Waals surface area contributed by atoms with Crippen molar-refractivity contribution in [1.82, 2.24) is 24.6 Å². The number of hydrogen-bond donors (Lipinski definition) is 1. The lowest BCUT2D eigenvalue weighted by atomic mass is 9.82. The van der Waals surface area contributed by atoms with Gasteiger partial charge in [-0.3, -0.25) is 18.8 Å². The first-order valence-corrected chi connectivity index (χ1v) is 8.99. The van der Waals surface area contributed by atoms with Gasteiger partial charge in [0.15, 0.2) is 5.65 Å². The van der Waals surface area contributed by atoms with Gasteiger partial charge in [-0.1, -0.05) is 51.1 Å². The molecule has 27 heavy (non-hydrogen) atoms. The van der Waals surface area contributed by atoms with E-state index >= 15 is 0 Å². The summed E-state index contributed by atoms with van der Waals surface area (Å²) >= 11 is 0. The van der Waals surface area contributed by atoms with Gasteiger partial charge < -0.3 is 5.32 Å². The molecule has 7 nitrogen and oxygen atoms in total.